The number of fused-ring (bicyclic) bond motifs is 1. The van der Waals surface area contributed by atoms with E-state index in [4.69, 9.17) is 0 Å². The number of anilines is 1. The normalized spacial score (nSPS) is 10.7. The molecule has 0 fully saturated rings. The van der Waals surface area contributed by atoms with Crippen LogP contribution in [0.25, 0.3) is 5.65 Å². The number of carbonyl (C=O) groups excluding carboxylic acids is 1. The SMILES string of the molecule is CN(C(=O)c1cn2ccnc2cn1)c1cccc(Br)c1. The first-order valence-corrected chi connectivity index (χ1v) is 6.77. The second kappa shape index (κ2) is 5.05. The van der Waals surface area contributed by atoms with Crippen molar-refractivity contribution in [3.05, 3.63) is 59.2 Å². The second-order valence-corrected chi connectivity index (χ2v) is 5.22. The highest BCUT2D eigenvalue weighted by atomic mass is 79.9. The van der Waals surface area contributed by atoms with Crippen molar-refractivity contribution in [1.29, 1.82) is 0 Å². The van der Waals surface area contributed by atoms with Crippen molar-refractivity contribution in [2.45, 2.75) is 0 Å². The molecule has 0 bridgehead atoms. The molecule has 0 unspecified atom stereocenters. The average molecular weight is 331 g/mol. The molecule has 1 aromatic carbocycles. The number of rotatable bonds is 2. The van der Waals surface area contributed by atoms with Gasteiger partial charge in [-0.25, -0.2) is 9.97 Å². The molecule has 0 atom stereocenters. The fraction of sp³-hybridized carbons (Fsp3) is 0.0714. The standard InChI is InChI=1S/C14H11BrN4O/c1-18(11-4-2-3-10(15)7-11)14(20)12-9-19-6-5-16-13(19)8-17-12/h2-9H,1H3. The summed E-state index contributed by atoms with van der Waals surface area (Å²) in [6, 6.07) is 7.55. The van der Waals surface area contributed by atoms with E-state index in [2.05, 4.69) is 25.9 Å². The van der Waals surface area contributed by atoms with Gasteiger partial charge in [-0.2, -0.15) is 0 Å². The molecule has 2 heterocycles. The van der Waals surface area contributed by atoms with Crippen molar-refractivity contribution in [3.63, 3.8) is 0 Å². The molecule has 2 aromatic heterocycles. The molecular weight excluding hydrogens is 320 g/mol. The van der Waals surface area contributed by atoms with Gasteiger partial charge >= 0.3 is 0 Å². The van der Waals surface area contributed by atoms with Crippen LogP contribution in [0.5, 0.6) is 0 Å². The van der Waals surface area contributed by atoms with Gasteiger partial charge in [-0.1, -0.05) is 22.0 Å². The number of benzene rings is 1. The van der Waals surface area contributed by atoms with Crippen LogP contribution in [0.4, 0.5) is 5.69 Å². The zero-order chi connectivity index (χ0) is 14.1. The Morgan fingerprint density at radius 3 is 3.00 bits per heavy atom. The van der Waals surface area contributed by atoms with Crippen molar-refractivity contribution in [1.82, 2.24) is 14.4 Å². The van der Waals surface area contributed by atoms with Crippen molar-refractivity contribution >= 4 is 33.2 Å². The molecule has 5 nitrogen and oxygen atoms in total. The van der Waals surface area contributed by atoms with E-state index in [-0.39, 0.29) is 5.91 Å². The number of aromatic nitrogens is 3. The van der Waals surface area contributed by atoms with Gasteiger partial charge in [0.15, 0.2) is 5.65 Å². The van der Waals surface area contributed by atoms with Crippen LogP contribution in [-0.4, -0.2) is 27.3 Å². The lowest BCUT2D eigenvalue weighted by Crippen LogP contribution is -2.27. The number of carbonyl (C=O) groups is 1. The van der Waals surface area contributed by atoms with Crippen LogP contribution in [0.1, 0.15) is 10.5 Å². The zero-order valence-corrected chi connectivity index (χ0v) is 12.3. The summed E-state index contributed by atoms with van der Waals surface area (Å²) in [6.45, 7) is 0. The van der Waals surface area contributed by atoms with E-state index in [1.807, 2.05) is 24.3 Å². The Morgan fingerprint density at radius 2 is 2.20 bits per heavy atom. The van der Waals surface area contributed by atoms with Crippen LogP contribution < -0.4 is 4.90 Å². The first-order valence-electron chi connectivity index (χ1n) is 5.97. The maximum absolute atomic E-state index is 12.4. The Labute approximate surface area is 124 Å². The minimum atomic E-state index is -0.168. The smallest absolute Gasteiger partial charge is 0.278 e. The minimum Gasteiger partial charge on any atom is -0.310 e. The van der Waals surface area contributed by atoms with Gasteiger partial charge in [-0.3, -0.25) is 4.79 Å². The van der Waals surface area contributed by atoms with Gasteiger partial charge in [-0.05, 0) is 18.2 Å². The van der Waals surface area contributed by atoms with Gasteiger partial charge in [0.25, 0.3) is 5.91 Å². The van der Waals surface area contributed by atoms with Crippen LogP contribution in [0, 0.1) is 0 Å². The molecule has 1 amide bonds. The van der Waals surface area contributed by atoms with E-state index in [1.165, 1.54) is 0 Å². The summed E-state index contributed by atoms with van der Waals surface area (Å²) >= 11 is 3.40. The Kier molecular flexibility index (Phi) is 3.23. The number of nitrogens with zero attached hydrogens (tertiary/aromatic N) is 4. The third-order valence-corrected chi connectivity index (χ3v) is 3.49. The summed E-state index contributed by atoms with van der Waals surface area (Å²) in [5.74, 6) is -0.168. The molecule has 0 N–H and O–H groups in total. The minimum absolute atomic E-state index is 0.168. The maximum atomic E-state index is 12.4. The summed E-state index contributed by atoms with van der Waals surface area (Å²) in [6.07, 6.45) is 6.72. The topological polar surface area (TPSA) is 50.5 Å². The van der Waals surface area contributed by atoms with Crippen molar-refractivity contribution in [2.75, 3.05) is 11.9 Å². The van der Waals surface area contributed by atoms with Crippen LogP contribution in [0.3, 0.4) is 0 Å². The van der Waals surface area contributed by atoms with Gasteiger partial charge in [-0.15, -0.1) is 0 Å². The molecular formula is C14H11BrN4O. The highest BCUT2D eigenvalue weighted by molar-refractivity contribution is 9.10. The van der Waals surface area contributed by atoms with Crippen LogP contribution in [0.2, 0.25) is 0 Å². The molecule has 100 valence electrons. The molecule has 6 heteroatoms. The number of halogens is 1. The summed E-state index contributed by atoms with van der Waals surface area (Å²) < 4.78 is 2.70. The highest BCUT2D eigenvalue weighted by Gasteiger charge is 2.15. The van der Waals surface area contributed by atoms with E-state index in [0.717, 1.165) is 10.2 Å². The number of imidazole rings is 1. The lowest BCUT2D eigenvalue weighted by atomic mass is 10.3. The van der Waals surface area contributed by atoms with Gasteiger partial charge in [0.1, 0.15) is 5.69 Å². The molecule has 3 aromatic rings. The Balaban J connectivity index is 1.94. The van der Waals surface area contributed by atoms with Crippen LogP contribution in [-0.2, 0) is 0 Å². The molecule has 3 rings (SSSR count). The molecule has 20 heavy (non-hydrogen) atoms. The predicted octanol–water partition coefficient (Wildman–Crippen LogP) is 2.77. The van der Waals surface area contributed by atoms with Crippen LogP contribution >= 0.6 is 15.9 Å². The Hall–Kier alpha value is -2.21. The lowest BCUT2D eigenvalue weighted by Gasteiger charge is -2.17. The number of amides is 1. The fourth-order valence-corrected chi connectivity index (χ4v) is 2.30. The summed E-state index contributed by atoms with van der Waals surface area (Å²) in [5, 5.41) is 0. The average Bonchev–Trinajstić information content (AvgIpc) is 2.93. The van der Waals surface area contributed by atoms with Crippen molar-refractivity contribution < 1.29 is 4.79 Å². The summed E-state index contributed by atoms with van der Waals surface area (Å²) in [4.78, 5) is 22.3. The second-order valence-electron chi connectivity index (χ2n) is 4.31. The largest absolute Gasteiger partial charge is 0.310 e. The van der Waals surface area contributed by atoms with Crippen molar-refractivity contribution in [2.24, 2.45) is 0 Å². The monoisotopic (exact) mass is 330 g/mol. The van der Waals surface area contributed by atoms with E-state index < -0.39 is 0 Å². The van der Waals surface area contributed by atoms with Gasteiger partial charge < -0.3 is 9.30 Å². The molecule has 0 saturated heterocycles. The molecule has 0 aliphatic carbocycles. The highest BCUT2D eigenvalue weighted by Crippen LogP contribution is 2.20. The summed E-state index contributed by atoms with van der Waals surface area (Å²) in [5.41, 5.74) is 1.89. The van der Waals surface area contributed by atoms with Gasteiger partial charge in [0.2, 0.25) is 0 Å². The first kappa shape index (κ1) is 12.8. The Morgan fingerprint density at radius 1 is 1.35 bits per heavy atom. The molecule has 0 saturated carbocycles. The zero-order valence-electron chi connectivity index (χ0n) is 10.7. The van der Waals surface area contributed by atoms with Crippen LogP contribution in [0.15, 0.2) is 53.5 Å². The Bertz CT molecular complexity index is 783. The third kappa shape index (κ3) is 2.30. The van der Waals surface area contributed by atoms with E-state index >= 15 is 0 Å². The fourth-order valence-electron chi connectivity index (χ4n) is 1.91. The molecule has 0 radical (unpaired) electrons. The van der Waals surface area contributed by atoms with Crippen molar-refractivity contribution in [3.8, 4) is 0 Å². The van der Waals surface area contributed by atoms with E-state index in [9.17, 15) is 4.79 Å². The number of hydrogen-bond acceptors (Lipinski definition) is 3. The van der Waals surface area contributed by atoms with E-state index in [0.29, 0.717) is 11.3 Å². The first-order chi connectivity index (χ1) is 9.65. The third-order valence-electron chi connectivity index (χ3n) is 3.00. The predicted molar refractivity (Wildman–Crippen MR) is 79.9 cm³/mol. The van der Waals surface area contributed by atoms with Gasteiger partial charge in [0.05, 0.1) is 6.20 Å². The molecule has 0 spiro atoms. The molecule has 0 aliphatic heterocycles. The quantitative estimate of drug-likeness (QED) is 0.726. The van der Waals surface area contributed by atoms with E-state index in [1.54, 1.807) is 41.1 Å². The lowest BCUT2D eigenvalue weighted by molar-refractivity contribution is 0.0988. The summed E-state index contributed by atoms with van der Waals surface area (Å²) in [7, 11) is 1.73. The maximum Gasteiger partial charge on any atom is 0.278 e. The van der Waals surface area contributed by atoms with Gasteiger partial charge in [0, 0.05) is 35.8 Å². The number of hydrogen-bond donors (Lipinski definition) is 0. The molecule has 0 aliphatic rings.